The Labute approximate surface area is 107 Å². The standard InChI is InChI=1S/C11H12BrN3O2/c1-15-11(13-7-14-15)6-17-9-2-3-10(12)8(4-9)5-16/h2-4,7,16H,5-6H2,1H3. The summed E-state index contributed by atoms with van der Waals surface area (Å²) in [6, 6.07) is 5.47. The van der Waals surface area contributed by atoms with Crippen LogP contribution in [0.25, 0.3) is 0 Å². The topological polar surface area (TPSA) is 60.2 Å². The Morgan fingerprint density at radius 2 is 2.29 bits per heavy atom. The van der Waals surface area contributed by atoms with Crippen molar-refractivity contribution in [2.45, 2.75) is 13.2 Å². The first-order valence-electron chi connectivity index (χ1n) is 5.05. The quantitative estimate of drug-likeness (QED) is 0.932. The fourth-order valence-electron chi connectivity index (χ4n) is 1.36. The Bertz CT molecular complexity index is 513. The normalized spacial score (nSPS) is 10.5. The average Bonchev–Trinajstić information content (AvgIpc) is 2.74. The summed E-state index contributed by atoms with van der Waals surface area (Å²) in [6.45, 7) is 0.324. The summed E-state index contributed by atoms with van der Waals surface area (Å²) in [5.74, 6) is 1.44. The maximum atomic E-state index is 9.13. The number of hydrogen-bond acceptors (Lipinski definition) is 4. The smallest absolute Gasteiger partial charge is 0.164 e. The van der Waals surface area contributed by atoms with Gasteiger partial charge >= 0.3 is 0 Å². The van der Waals surface area contributed by atoms with E-state index >= 15 is 0 Å². The van der Waals surface area contributed by atoms with Crippen molar-refractivity contribution in [3.8, 4) is 5.75 Å². The van der Waals surface area contributed by atoms with E-state index in [4.69, 9.17) is 9.84 Å². The first-order valence-corrected chi connectivity index (χ1v) is 5.85. The molecular formula is C11H12BrN3O2. The Kier molecular flexibility index (Phi) is 3.75. The summed E-state index contributed by atoms with van der Waals surface area (Å²) < 4.78 is 8.10. The van der Waals surface area contributed by atoms with Gasteiger partial charge in [-0.1, -0.05) is 15.9 Å². The lowest BCUT2D eigenvalue weighted by Gasteiger charge is -2.08. The van der Waals surface area contributed by atoms with E-state index in [1.807, 2.05) is 19.2 Å². The van der Waals surface area contributed by atoms with Gasteiger partial charge in [-0.15, -0.1) is 0 Å². The van der Waals surface area contributed by atoms with E-state index in [-0.39, 0.29) is 6.61 Å². The van der Waals surface area contributed by atoms with Crippen molar-refractivity contribution in [3.05, 3.63) is 40.4 Å². The molecule has 17 heavy (non-hydrogen) atoms. The average molecular weight is 298 g/mol. The molecule has 2 aromatic rings. The van der Waals surface area contributed by atoms with E-state index in [0.717, 1.165) is 15.9 Å². The second kappa shape index (κ2) is 5.29. The molecule has 0 spiro atoms. The molecule has 2 rings (SSSR count). The Morgan fingerprint density at radius 3 is 2.94 bits per heavy atom. The van der Waals surface area contributed by atoms with Crippen LogP contribution in [0.2, 0.25) is 0 Å². The number of aliphatic hydroxyl groups is 1. The van der Waals surface area contributed by atoms with E-state index in [9.17, 15) is 0 Å². The molecule has 0 aliphatic rings. The zero-order chi connectivity index (χ0) is 12.3. The van der Waals surface area contributed by atoms with Crippen LogP contribution in [-0.2, 0) is 20.3 Å². The van der Waals surface area contributed by atoms with Crippen LogP contribution in [0.1, 0.15) is 11.4 Å². The maximum Gasteiger partial charge on any atom is 0.164 e. The van der Waals surface area contributed by atoms with Gasteiger partial charge in [0.15, 0.2) is 5.82 Å². The lowest BCUT2D eigenvalue weighted by atomic mass is 10.2. The van der Waals surface area contributed by atoms with Crippen molar-refractivity contribution in [2.24, 2.45) is 7.05 Å². The van der Waals surface area contributed by atoms with Crippen LogP contribution in [0.3, 0.4) is 0 Å². The van der Waals surface area contributed by atoms with E-state index in [2.05, 4.69) is 26.0 Å². The summed E-state index contributed by atoms with van der Waals surface area (Å²) in [6.07, 6.45) is 1.49. The van der Waals surface area contributed by atoms with Gasteiger partial charge in [0, 0.05) is 11.5 Å². The molecule has 0 unspecified atom stereocenters. The van der Waals surface area contributed by atoms with Gasteiger partial charge in [-0.3, -0.25) is 4.68 Å². The van der Waals surface area contributed by atoms with Gasteiger partial charge in [0.2, 0.25) is 0 Å². The lowest BCUT2D eigenvalue weighted by Crippen LogP contribution is -2.04. The minimum Gasteiger partial charge on any atom is -0.486 e. The third-order valence-electron chi connectivity index (χ3n) is 2.36. The number of aliphatic hydroxyl groups excluding tert-OH is 1. The molecule has 0 amide bonds. The first-order chi connectivity index (χ1) is 8.20. The highest BCUT2D eigenvalue weighted by molar-refractivity contribution is 9.10. The van der Waals surface area contributed by atoms with Crippen LogP contribution in [0, 0.1) is 0 Å². The Hall–Kier alpha value is -1.40. The highest BCUT2D eigenvalue weighted by Crippen LogP contribution is 2.23. The van der Waals surface area contributed by atoms with E-state index in [1.165, 1.54) is 6.33 Å². The van der Waals surface area contributed by atoms with Gasteiger partial charge < -0.3 is 9.84 Å². The molecule has 0 saturated heterocycles. The Balaban J connectivity index is 2.07. The summed E-state index contributed by atoms with van der Waals surface area (Å²) in [5, 5.41) is 13.1. The van der Waals surface area contributed by atoms with Crippen LogP contribution < -0.4 is 4.74 Å². The maximum absolute atomic E-state index is 9.13. The lowest BCUT2D eigenvalue weighted by molar-refractivity contribution is 0.274. The third-order valence-corrected chi connectivity index (χ3v) is 3.13. The molecule has 0 aliphatic carbocycles. The van der Waals surface area contributed by atoms with Gasteiger partial charge in [0.05, 0.1) is 6.61 Å². The minimum absolute atomic E-state index is 0.0260. The van der Waals surface area contributed by atoms with Crippen molar-refractivity contribution in [3.63, 3.8) is 0 Å². The second-order valence-electron chi connectivity index (χ2n) is 3.50. The predicted molar refractivity (Wildman–Crippen MR) is 65.4 cm³/mol. The zero-order valence-electron chi connectivity index (χ0n) is 9.30. The summed E-state index contributed by atoms with van der Waals surface area (Å²) >= 11 is 3.35. The molecule has 0 saturated carbocycles. The molecule has 0 aliphatic heterocycles. The van der Waals surface area contributed by atoms with Crippen molar-refractivity contribution < 1.29 is 9.84 Å². The van der Waals surface area contributed by atoms with Gasteiger partial charge in [0.1, 0.15) is 18.7 Å². The molecular weight excluding hydrogens is 286 g/mol. The highest BCUT2D eigenvalue weighted by atomic mass is 79.9. The molecule has 1 heterocycles. The van der Waals surface area contributed by atoms with E-state index in [0.29, 0.717) is 12.4 Å². The minimum atomic E-state index is -0.0260. The number of benzene rings is 1. The zero-order valence-corrected chi connectivity index (χ0v) is 10.9. The van der Waals surface area contributed by atoms with Crippen molar-refractivity contribution in [1.29, 1.82) is 0 Å². The number of halogens is 1. The number of aryl methyl sites for hydroxylation is 1. The molecule has 90 valence electrons. The fraction of sp³-hybridized carbons (Fsp3) is 0.273. The SMILES string of the molecule is Cn1ncnc1COc1ccc(Br)c(CO)c1. The number of ether oxygens (including phenoxy) is 1. The fourth-order valence-corrected chi connectivity index (χ4v) is 1.73. The molecule has 0 bridgehead atoms. The number of nitrogens with zero attached hydrogens (tertiary/aromatic N) is 3. The molecule has 5 nitrogen and oxygen atoms in total. The summed E-state index contributed by atoms with van der Waals surface area (Å²) in [5.41, 5.74) is 0.792. The molecule has 6 heteroatoms. The molecule has 0 radical (unpaired) electrons. The van der Waals surface area contributed by atoms with Gasteiger partial charge in [-0.05, 0) is 23.8 Å². The monoisotopic (exact) mass is 297 g/mol. The van der Waals surface area contributed by atoms with Gasteiger partial charge in [-0.25, -0.2) is 4.98 Å². The number of aromatic nitrogens is 3. The van der Waals surface area contributed by atoms with E-state index in [1.54, 1.807) is 10.7 Å². The van der Waals surface area contributed by atoms with Gasteiger partial charge in [-0.2, -0.15) is 5.10 Å². The molecule has 1 aromatic carbocycles. The second-order valence-corrected chi connectivity index (χ2v) is 4.35. The molecule has 1 N–H and O–H groups in total. The highest BCUT2D eigenvalue weighted by Gasteiger charge is 2.04. The van der Waals surface area contributed by atoms with E-state index < -0.39 is 0 Å². The largest absolute Gasteiger partial charge is 0.486 e. The Morgan fingerprint density at radius 1 is 1.47 bits per heavy atom. The van der Waals surface area contributed by atoms with Gasteiger partial charge in [0.25, 0.3) is 0 Å². The molecule has 1 aromatic heterocycles. The summed E-state index contributed by atoms with van der Waals surface area (Å²) in [4.78, 5) is 4.06. The van der Waals surface area contributed by atoms with Crippen LogP contribution >= 0.6 is 15.9 Å². The van der Waals surface area contributed by atoms with Crippen LogP contribution in [0.5, 0.6) is 5.75 Å². The first kappa shape index (κ1) is 12.1. The van der Waals surface area contributed by atoms with Crippen molar-refractivity contribution >= 4 is 15.9 Å². The predicted octanol–water partition coefficient (Wildman–Crippen LogP) is 1.65. The molecule has 0 fully saturated rings. The van der Waals surface area contributed by atoms with Crippen molar-refractivity contribution in [2.75, 3.05) is 0 Å². The number of rotatable bonds is 4. The van der Waals surface area contributed by atoms with Crippen molar-refractivity contribution in [1.82, 2.24) is 14.8 Å². The molecule has 0 atom stereocenters. The number of hydrogen-bond donors (Lipinski definition) is 1. The van der Waals surface area contributed by atoms with Crippen LogP contribution in [0.4, 0.5) is 0 Å². The third kappa shape index (κ3) is 2.83. The summed E-state index contributed by atoms with van der Waals surface area (Å²) in [7, 11) is 1.81. The van der Waals surface area contributed by atoms with Crippen LogP contribution in [-0.4, -0.2) is 19.9 Å². The van der Waals surface area contributed by atoms with Crippen LogP contribution in [0.15, 0.2) is 29.0 Å².